The third-order valence-corrected chi connectivity index (χ3v) is 2.53. The second kappa shape index (κ2) is 4.66. The second-order valence-corrected chi connectivity index (χ2v) is 3.86. The largest absolute Gasteiger partial charge is 0.429 e. The SMILES string of the molecule is C=C[C@@](F)([C@@H](O)c1cccc(Cl)c1)C(F)(F)F. The first-order valence-corrected chi connectivity index (χ1v) is 4.93. The lowest BCUT2D eigenvalue weighted by Crippen LogP contribution is -2.44. The van der Waals surface area contributed by atoms with Crippen molar-refractivity contribution in [3.63, 3.8) is 0 Å². The van der Waals surface area contributed by atoms with Crippen LogP contribution in [0, 0.1) is 0 Å². The van der Waals surface area contributed by atoms with Gasteiger partial charge in [0.2, 0.25) is 0 Å². The first-order chi connectivity index (χ1) is 7.72. The molecular weight excluding hydrogens is 260 g/mol. The van der Waals surface area contributed by atoms with E-state index in [-0.39, 0.29) is 16.7 Å². The molecule has 0 bridgehead atoms. The average molecular weight is 269 g/mol. The van der Waals surface area contributed by atoms with Crippen LogP contribution in [0.25, 0.3) is 0 Å². The molecule has 1 N–H and O–H groups in total. The summed E-state index contributed by atoms with van der Waals surface area (Å²) in [5.41, 5.74) is -4.17. The van der Waals surface area contributed by atoms with Crippen LogP contribution in [0.5, 0.6) is 0 Å². The van der Waals surface area contributed by atoms with Gasteiger partial charge >= 0.3 is 6.18 Å². The predicted molar refractivity (Wildman–Crippen MR) is 56.5 cm³/mol. The van der Waals surface area contributed by atoms with Crippen LogP contribution in [0.2, 0.25) is 5.02 Å². The molecule has 0 aliphatic heterocycles. The summed E-state index contributed by atoms with van der Waals surface area (Å²) in [5.74, 6) is 0. The standard InChI is InChI=1S/C11H9ClF4O/c1-2-10(13,11(14,15)16)9(17)7-4-3-5-8(12)6-7/h2-6,9,17H,1H2/t9-,10+/m0/s1. The van der Waals surface area contributed by atoms with E-state index in [2.05, 4.69) is 6.58 Å². The van der Waals surface area contributed by atoms with Crippen LogP contribution in [-0.4, -0.2) is 17.0 Å². The zero-order valence-electron chi connectivity index (χ0n) is 8.51. The lowest BCUT2D eigenvalue weighted by atomic mass is 9.92. The normalized spacial score (nSPS) is 17.3. The summed E-state index contributed by atoms with van der Waals surface area (Å²) in [6.45, 7) is 2.78. The van der Waals surface area contributed by atoms with Gasteiger partial charge in [-0.05, 0) is 23.8 Å². The zero-order chi connectivity index (χ0) is 13.3. The number of aliphatic hydroxyl groups excluding tert-OH is 1. The molecular formula is C11H9ClF4O. The van der Waals surface area contributed by atoms with Crippen molar-refractivity contribution in [2.24, 2.45) is 0 Å². The summed E-state index contributed by atoms with van der Waals surface area (Å²) in [6, 6.07) is 4.94. The van der Waals surface area contributed by atoms with E-state index in [0.29, 0.717) is 0 Å². The van der Waals surface area contributed by atoms with Gasteiger partial charge in [-0.2, -0.15) is 13.2 Å². The molecule has 1 aromatic rings. The van der Waals surface area contributed by atoms with Crippen molar-refractivity contribution in [1.29, 1.82) is 0 Å². The van der Waals surface area contributed by atoms with Crippen molar-refractivity contribution < 1.29 is 22.7 Å². The predicted octanol–water partition coefficient (Wildman–Crippen LogP) is 3.83. The summed E-state index contributed by atoms with van der Waals surface area (Å²) >= 11 is 5.56. The van der Waals surface area contributed by atoms with Gasteiger partial charge in [-0.3, -0.25) is 0 Å². The summed E-state index contributed by atoms with van der Waals surface area (Å²) < 4.78 is 51.2. The Kier molecular flexibility index (Phi) is 3.84. The molecule has 0 saturated heterocycles. The van der Waals surface area contributed by atoms with E-state index in [4.69, 9.17) is 11.6 Å². The van der Waals surface area contributed by atoms with E-state index in [1.54, 1.807) is 0 Å². The van der Waals surface area contributed by atoms with E-state index in [1.807, 2.05) is 0 Å². The quantitative estimate of drug-likeness (QED) is 0.652. The number of hydrogen-bond donors (Lipinski definition) is 1. The van der Waals surface area contributed by atoms with Crippen molar-refractivity contribution in [1.82, 2.24) is 0 Å². The minimum Gasteiger partial charge on any atom is -0.384 e. The van der Waals surface area contributed by atoms with E-state index in [0.717, 1.165) is 12.1 Å². The van der Waals surface area contributed by atoms with Gasteiger partial charge in [-0.25, -0.2) is 4.39 Å². The van der Waals surface area contributed by atoms with Crippen LogP contribution >= 0.6 is 11.6 Å². The molecule has 0 saturated carbocycles. The number of alkyl halides is 4. The fourth-order valence-electron chi connectivity index (χ4n) is 1.30. The lowest BCUT2D eigenvalue weighted by molar-refractivity contribution is -0.241. The Bertz CT molecular complexity index is 418. The van der Waals surface area contributed by atoms with Gasteiger partial charge in [0.15, 0.2) is 0 Å². The van der Waals surface area contributed by atoms with Crippen molar-refractivity contribution in [3.05, 3.63) is 47.5 Å². The molecule has 0 aromatic heterocycles. The second-order valence-electron chi connectivity index (χ2n) is 3.43. The maximum atomic E-state index is 13.7. The molecule has 0 radical (unpaired) electrons. The molecule has 6 heteroatoms. The Hall–Kier alpha value is -1.07. The molecule has 0 aliphatic rings. The van der Waals surface area contributed by atoms with E-state index < -0.39 is 17.9 Å². The van der Waals surface area contributed by atoms with E-state index >= 15 is 0 Å². The maximum Gasteiger partial charge on any atom is 0.429 e. The summed E-state index contributed by atoms with van der Waals surface area (Å²) in [7, 11) is 0. The molecule has 2 atom stereocenters. The zero-order valence-corrected chi connectivity index (χ0v) is 9.26. The molecule has 0 spiro atoms. The fraction of sp³-hybridized carbons (Fsp3) is 0.273. The Labute approximate surface area is 100 Å². The van der Waals surface area contributed by atoms with Gasteiger partial charge in [-0.15, -0.1) is 0 Å². The highest BCUT2D eigenvalue weighted by Gasteiger charge is 2.59. The minimum atomic E-state index is -5.25. The highest BCUT2D eigenvalue weighted by Crippen LogP contribution is 2.44. The van der Waals surface area contributed by atoms with E-state index in [1.165, 1.54) is 12.1 Å². The molecule has 0 amide bonds. The van der Waals surface area contributed by atoms with Crippen LogP contribution < -0.4 is 0 Å². The van der Waals surface area contributed by atoms with Crippen LogP contribution in [0.1, 0.15) is 11.7 Å². The minimum absolute atomic E-state index is 0.0402. The fourth-order valence-corrected chi connectivity index (χ4v) is 1.50. The van der Waals surface area contributed by atoms with Gasteiger partial charge in [0.1, 0.15) is 6.10 Å². The highest BCUT2D eigenvalue weighted by molar-refractivity contribution is 6.30. The van der Waals surface area contributed by atoms with Crippen LogP contribution in [-0.2, 0) is 0 Å². The number of hydrogen-bond acceptors (Lipinski definition) is 1. The third-order valence-electron chi connectivity index (χ3n) is 2.29. The molecule has 1 aromatic carbocycles. The summed E-state index contributed by atoms with van der Waals surface area (Å²) in [4.78, 5) is 0. The first kappa shape index (κ1) is 14.0. The summed E-state index contributed by atoms with van der Waals surface area (Å²) in [5, 5.41) is 9.58. The van der Waals surface area contributed by atoms with E-state index in [9.17, 15) is 22.7 Å². The molecule has 0 fully saturated rings. The number of halogens is 5. The number of rotatable bonds is 3. The van der Waals surface area contributed by atoms with Crippen molar-refractivity contribution in [3.8, 4) is 0 Å². The molecule has 0 aliphatic carbocycles. The van der Waals surface area contributed by atoms with Crippen LogP contribution in [0.3, 0.4) is 0 Å². The molecule has 17 heavy (non-hydrogen) atoms. The topological polar surface area (TPSA) is 20.2 Å². The smallest absolute Gasteiger partial charge is 0.384 e. The maximum absolute atomic E-state index is 13.7. The molecule has 0 unspecified atom stereocenters. The molecule has 1 nitrogen and oxygen atoms in total. The first-order valence-electron chi connectivity index (χ1n) is 4.55. The van der Waals surface area contributed by atoms with Crippen molar-refractivity contribution in [2.75, 3.05) is 0 Å². The third kappa shape index (κ3) is 2.61. The van der Waals surface area contributed by atoms with Gasteiger partial charge < -0.3 is 5.11 Å². The van der Waals surface area contributed by atoms with Gasteiger partial charge in [-0.1, -0.05) is 30.3 Å². The monoisotopic (exact) mass is 268 g/mol. The number of benzene rings is 1. The summed E-state index contributed by atoms with van der Waals surface area (Å²) in [6.07, 6.45) is -7.62. The lowest BCUT2D eigenvalue weighted by Gasteiger charge is -2.29. The van der Waals surface area contributed by atoms with Crippen LogP contribution in [0.15, 0.2) is 36.9 Å². The molecule has 0 heterocycles. The Balaban J connectivity index is 3.19. The van der Waals surface area contributed by atoms with Crippen LogP contribution in [0.4, 0.5) is 17.6 Å². The highest BCUT2D eigenvalue weighted by atomic mass is 35.5. The average Bonchev–Trinajstić information content (AvgIpc) is 2.25. The van der Waals surface area contributed by atoms with Gasteiger partial charge in [0, 0.05) is 5.02 Å². The molecule has 1 rings (SSSR count). The molecule has 94 valence electrons. The Morgan fingerprint density at radius 3 is 2.29 bits per heavy atom. The Morgan fingerprint density at radius 2 is 1.88 bits per heavy atom. The van der Waals surface area contributed by atoms with Crippen molar-refractivity contribution in [2.45, 2.75) is 17.9 Å². The Morgan fingerprint density at radius 1 is 1.29 bits per heavy atom. The number of aliphatic hydroxyl groups is 1. The van der Waals surface area contributed by atoms with Gasteiger partial charge in [0.05, 0.1) is 0 Å². The van der Waals surface area contributed by atoms with Crippen molar-refractivity contribution >= 4 is 11.6 Å². The van der Waals surface area contributed by atoms with Gasteiger partial charge in [0.25, 0.3) is 5.67 Å².